The Kier molecular flexibility index (Phi) is 4.42. The molecule has 152 valence electrons. The molecule has 9 nitrogen and oxygen atoms in total. The van der Waals surface area contributed by atoms with Gasteiger partial charge in [0.25, 0.3) is 5.91 Å². The van der Waals surface area contributed by atoms with Gasteiger partial charge in [0.1, 0.15) is 11.6 Å². The van der Waals surface area contributed by atoms with Gasteiger partial charge in [0, 0.05) is 36.7 Å². The molecule has 0 unspecified atom stereocenters. The number of carbonyl (C=O) groups excluding carboxylic acids is 1. The number of fused-ring (bicyclic) bond motifs is 1. The number of methoxy groups -OCH3 is 1. The third-order valence-corrected chi connectivity index (χ3v) is 5.18. The first-order valence-electron chi connectivity index (χ1n) is 9.78. The zero-order valence-electron chi connectivity index (χ0n) is 16.7. The van der Waals surface area contributed by atoms with E-state index in [0.717, 1.165) is 40.8 Å². The Hall–Kier alpha value is -3.75. The van der Waals surface area contributed by atoms with E-state index < -0.39 is 0 Å². The van der Waals surface area contributed by atoms with Gasteiger partial charge in [-0.3, -0.25) is 14.6 Å². The van der Waals surface area contributed by atoms with E-state index in [9.17, 15) is 4.79 Å². The second-order valence-electron chi connectivity index (χ2n) is 7.47. The van der Waals surface area contributed by atoms with Crippen LogP contribution in [-0.2, 0) is 13.5 Å². The van der Waals surface area contributed by atoms with E-state index in [4.69, 9.17) is 9.72 Å². The minimum absolute atomic E-state index is 0.113. The molecule has 4 aromatic rings. The SMILES string of the molecule is COc1cc(-c2nc(Cc3cnc4[nH]ncc4c3)n(C)n2)ccc1C(=O)NC1CC1. The van der Waals surface area contributed by atoms with E-state index in [-0.39, 0.29) is 11.9 Å². The fraction of sp³-hybridized carbons (Fsp3) is 0.286. The number of aromatic nitrogens is 6. The zero-order valence-corrected chi connectivity index (χ0v) is 16.7. The summed E-state index contributed by atoms with van der Waals surface area (Å²) in [5, 5.41) is 15.3. The van der Waals surface area contributed by atoms with Gasteiger partial charge in [0.2, 0.25) is 0 Å². The van der Waals surface area contributed by atoms with Crippen LogP contribution in [0.5, 0.6) is 5.75 Å². The summed E-state index contributed by atoms with van der Waals surface area (Å²) in [6, 6.07) is 7.75. The maximum atomic E-state index is 12.4. The number of nitrogens with one attached hydrogen (secondary N) is 2. The minimum Gasteiger partial charge on any atom is -0.496 e. The van der Waals surface area contributed by atoms with Crippen LogP contribution in [0.4, 0.5) is 0 Å². The normalized spacial score (nSPS) is 13.5. The molecule has 5 rings (SSSR count). The van der Waals surface area contributed by atoms with Crippen molar-refractivity contribution in [3.63, 3.8) is 0 Å². The van der Waals surface area contributed by atoms with Crippen molar-refractivity contribution < 1.29 is 9.53 Å². The lowest BCUT2D eigenvalue weighted by Crippen LogP contribution is -2.25. The molecule has 1 fully saturated rings. The summed E-state index contributed by atoms with van der Waals surface area (Å²) in [6.07, 6.45) is 6.23. The second kappa shape index (κ2) is 7.25. The Bertz CT molecular complexity index is 1240. The average molecular weight is 403 g/mol. The molecule has 1 saturated carbocycles. The van der Waals surface area contributed by atoms with Crippen LogP contribution in [0.2, 0.25) is 0 Å². The fourth-order valence-electron chi connectivity index (χ4n) is 3.36. The van der Waals surface area contributed by atoms with Crippen LogP contribution in [0.1, 0.15) is 34.6 Å². The molecule has 0 atom stereocenters. The molecular formula is C21H21N7O2. The molecule has 30 heavy (non-hydrogen) atoms. The topological polar surface area (TPSA) is 111 Å². The number of aryl methyl sites for hydroxylation is 1. The van der Waals surface area contributed by atoms with Crippen molar-refractivity contribution in [2.24, 2.45) is 7.05 Å². The number of hydrogen-bond donors (Lipinski definition) is 2. The number of benzene rings is 1. The Balaban J connectivity index is 1.41. The average Bonchev–Trinajstić information content (AvgIpc) is 3.31. The molecule has 0 spiro atoms. The second-order valence-corrected chi connectivity index (χ2v) is 7.47. The summed E-state index contributed by atoms with van der Waals surface area (Å²) in [5.74, 6) is 1.79. The van der Waals surface area contributed by atoms with Gasteiger partial charge in [0.15, 0.2) is 11.5 Å². The maximum Gasteiger partial charge on any atom is 0.255 e. The summed E-state index contributed by atoms with van der Waals surface area (Å²) in [7, 11) is 3.42. The number of hydrogen-bond acceptors (Lipinski definition) is 6. The molecule has 0 aliphatic heterocycles. The molecule has 2 N–H and O–H groups in total. The smallest absolute Gasteiger partial charge is 0.255 e. The van der Waals surface area contributed by atoms with Gasteiger partial charge in [-0.2, -0.15) is 10.2 Å². The number of amides is 1. The number of H-pyrrole nitrogens is 1. The van der Waals surface area contributed by atoms with Crippen LogP contribution >= 0.6 is 0 Å². The summed E-state index contributed by atoms with van der Waals surface area (Å²) in [4.78, 5) is 21.5. The highest BCUT2D eigenvalue weighted by molar-refractivity contribution is 5.97. The summed E-state index contributed by atoms with van der Waals surface area (Å²) < 4.78 is 7.22. The van der Waals surface area contributed by atoms with Gasteiger partial charge in [0.05, 0.1) is 18.9 Å². The molecule has 1 aromatic carbocycles. The Labute approximate surface area is 172 Å². The first kappa shape index (κ1) is 18.3. The van der Waals surface area contributed by atoms with E-state index in [1.54, 1.807) is 30.1 Å². The summed E-state index contributed by atoms with van der Waals surface area (Å²) in [5.41, 5.74) is 3.09. The van der Waals surface area contributed by atoms with Crippen molar-refractivity contribution >= 4 is 16.9 Å². The highest BCUT2D eigenvalue weighted by Crippen LogP contribution is 2.27. The number of nitrogens with zero attached hydrogens (tertiary/aromatic N) is 5. The van der Waals surface area contributed by atoms with Gasteiger partial charge in [-0.05, 0) is 36.6 Å². The first-order valence-corrected chi connectivity index (χ1v) is 9.78. The van der Waals surface area contributed by atoms with E-state index in [1.165, 1.54) is 0 Å². The van der Waals surface area contributed by atoms with Crippen LogP contribution in [0, 0.1) is 0 Å². The molecule has 1 amide bonds. The van der Waals surface area contributed by atoms with Crippen molar-refractivity contribution in [1.82, 2.24) is 35.3 Å². The molecule has 3 aromatic heterocycles. The van der Waals surface area contributed by atoms with Crippen molar-refractivity contribution in [2.45, 2.75) is 25.3 Å². The van der Waals surface area contributed by atoms with Gasteiger partial charge >= 0.3 is 0 Å². The zero-order chi connectivity index (χ0) is 20.7. The third kappa shape index (κ3) is 3.49. The van der Waals surface area contributed by atoms with Gasteiger partial charge in [-0.15, -0.1) is 0 Å². The Morgan fingerprint density at radius 2 is 2.17 bits per heavy atom. The van der Waals surface area contributed by atoms with Gasteiger partial charge < -0.3 is 10.1 Å². The monoisotopic (exact) mass is 403 g/mol. The molecule has 9 heteroatoms. The van der Waals surface area contributed by atoms with Gasteiger partial charge in [-0.1, -0.05) is 6.07 Å². The molecular weight excluding hydrogens is 382 g/mol. The van der Waals surface area contributed by atoms with E-state index in [2.05, 4.69) is 25.6 Å². The highest BCUT2D eigenvalue weighted by atomic mass is 16.5. The molecule has 0 saturated heterocycles. The fourth-order valence-corrected chi connectivity index (χ4v) is 3.36. The van der Waals surface area contributed by atoms with E-state index in [1.807, 2.05) is 25.4 Å². The highest BCUT2D eigenvalue weighted by Gasteiger charge is 2.25. The van der Waals surface area contributed by atoms with Crippen molar-refractivity contribution in [3.05, 3.63) is 53.6 Å². The summed E-state index contributed by atoms with van der Waals surface area (Å²) in [6.45, 7) is 0. The molecule has 1 aliphatic carbocycles. The van der Waals surface area contributed by atoms with Crippen molar-refractivity contribution in [3.8, 4) is 17.1 Å². The van der Waals surface area contributed by atoms with Crippen LogP contribution in [0.25, 0.3) is 22.4 Å². The lowest BCUT2D eigenvalue weighted by molar-refractivity contribution is 0.0948. The van der Waals surface area contributed by atoms with Gasteiger partial charge in [-0.25, -0.2) is 9.97 Å². The molecule has 1 aliphatic rings. The number of pyridine rings is 1. The van der Waals surface area contributed by atoms with E-state index in [0.29, 0.717) is 23.6 Å². The number of aromatic amines is 1. The maximum absolute atomic E-state index is 12.4. The number of ether oxygens (including phenoxy) is 1. The summed E-state index contributed by atoms with van der Waals surface area (Å²) >= 11 is 0. The predicted molar refractivity (Wildman–Crippen MR) is 110 cm³/mol. The quantitative estimate of drug-likeness (QED) is 0.511. The molecule has 3 heterocycles. The largest absolute Gasteiger partial charge is 0.496 e. The first-order chi connectivity index (χ1) is 14.6. The van der Waals surface area contributed by atoms with Crippen LogP contribution in [0.3, 0.4) is 0 Å². The minimum atomic E-state index is -0.113. The standard InChI is InChI=1S/C21H21N7O2/c1-28-18(8-12-7-14-11-23-26-19(14)22-10-12)25-20(27-28)13-3-6-16(17(9-13)30-2)21(29)24-15-4-5-15/h3,6-7,9-11,15H,4-5,8H2,1-2H3,(H,24,29)(H,22,23,26). The van der Waals surface area contributed by atoms with Crippen LogP contribution < -0.4 is 10.1 Å². The molecule has 0 radical (unpaired) electrons. The Morgan fingerprint density at radius 3 is 2.97 bits per heavy atom. The van der Waals surface area contributed by atoms with Crippen molar-refractivity contribution in [1.29, 1.82) is 0 Å². The number of rotatable bonds is 6. The predicted octanol–water partition coefficient (Wildman–Crippen LogP) is 2.25. The lowest BCUT2D eigenvalue weighted by atomic mass is 10.1. The van der Waals surface area contributed by atoms with Crippen molar-refractivity contribution in [2.75, 3.05) is 7.11 Å². The third-order valence-electron chi connectivity index (χ3n) is 5.18. The van der Waals surface area contributed by atoms with Crippen LogP contribution in [0.15, 0.2) is 36.7 Å². The Morgan fingerprint density at radius 1 is 1.30 bits per heavy atom. The van der Waals surface area contributed by atoms with E-state index >= 15 is 0 Å². The number of carbonyl (C=O) groups is 1. The lowest BCUT2D eigenvalue weighted by Gasteiger charge is -2.09. The molecule has 0 bridgehead atoms. The van der Waals surface area contributed by atoms with Crippen LogP contribution in [-0.4, -0.2) is 49.0 Å².